The van der Waals surface area contributed by atoms with Crippen LogP contribution in [0, 0.1) is 0 Å². The molecule has 0 amide bonds. The summed E-state index contributed by atoms with van der Waals surface area (Å²) in [5.74, 6) is -4.95. The summed E-state index contributed by atoms with van der Waals surface area (Å²) in [4.78, 5) is 134. The first-order valence-corrected chi connectivity index (χ1v) is 14.4. The summed E-state index contributed by atoms with van der Waals surface area (Å²) in [6.45, 7) is -0.00815. The number of carboxylic acids is 4. The summed E-state index contributed by atoms with van der Waals surface area (Å²) >= 11 is 0. The van der Waals surface area contributed by atoms with Crippen LogP contribution in [0.1, 0.15) is 25.7 Å². The average molecular weight is 1010 g/mol. The van der Waals surface area contributed by atoms with Crippen LogP contribution in [-0.2, 0) is 90.4 Å². The van der Waals surface area contributed by atoms with Gasteiger partial charge < -0.3 is 102 Å². The largest absolute Gasteiger partial charge is 2.00 e. The molecule has 0 fully saturated rings. The number of H-pyrrole nitrogens is 4. The van der Waals surface area contributed by atoms with Crippen LogP contribution < -0.4 is 65.4 Å². The second-order valence-corrected chi connectivity index (χ2v) is 9.70. The molecule has 0 aromatic carbocycles. The van der Waals surface area contributed by atoms with Crippen molar-refractivity contribution in [3.63, 3.8) is 0 Å². The second-order valence-electron chi connectivity index (χ2n) is 9.70. The molecule has 34 heteroatoms. The van der Waals surface area contributed by atoms with Gasteiger partial charge >= 0.3 is 56.9 Å². The molecule has 0 saturated heterocycles. The van der Waals surface area contributed by atoms with Crippen molar-refractivity contribution in [2.24, 2.45) is 0 Å². The van der Waals surface area contributed by atoms with Crippen molar-refractivity contribution >= 4 is 23.9 Å². The van der Waals surface area contributed by atoms with Gasteiger partial charge in [0.25, 0.3) is 22.2 Å². The molecule has 4 heterocycles. The number of hydrogen-bond donors (Lipinski definition) is 4. The van der Waals surface area contributed by atoms with Crippen LogP contribution in [-0.4, -0.2) is 94.9 Å². The SMILES string of the molecule is O.O.O.O.O.O.O=C([O-])CCn1ccc(=O)[nH]c1=O.O=C([O-])CCn1ccc(=O)[nH]c1=O.O=C([O-])CCn1ccc(=O)[nH]c1=O.O=C([O-])CCn1ccc(=O)[nH]c1=O.[Cu+2].[Cu+2].[OH3+].[OH3+]. The molecule has 0 saturated carbocycles. The van der Waals surface area contributed by atoms with Crippen molar-refractivity contribution in [2.75, 3.05) is 0 Å². The molecule has 0 spiro atoms. The van der Waals surface area contributed by atoms with E-state index in [4.69, 9.17) is 0 Å². The number of nitrogens with zero attached hydrogens (tertiary/aromatic N) is 4. The van der Waals surface area contributed by atoms with Crippen LogP contribution in [0.3, 0.4) is 0 Å². The van der Waals surface area contributed by atoms with Gasteiger partial charge in [-0.2, -0.15) is 0 Å². The van der Waals surface area contributed by atoms with E-state index in [1.807, 2.05) is 19.9 Å². The van der Waals surface area contributed by atoms with E-state index < -0.39 is 68.9 Å². The minimum atomic E-state index is -1.24. The molecule has 4 rings (SSSR count). The van der Waals surface area contributed by atoms with Crippen LogP contribution in [0.15, 0.2) is 87.4 Å². The molecular formula is C28H46Cu2N8O24+2. The monoisotopic (exact) mass is 1000 g/mol. The Bertz CT molecular complexity index is 2020. The third-order valence-electron chi connectivity index (χ3n) is 5.81. The Morgan fingerprint density at radius 3 is 0.629 bits per heavy atom. The third-order valence-corrected chi connectivity index (χ3v) is 5.81. The van der Waals surface area contributed by atoms with Crippen LogP contribution in [0.5, 0.6) is 0 Å². The first-order chi connectivity index (χ1) is 24.4. The molecule has 4 aromatic rings. The smallest absolute Gasteiger partial charge is 0.550 e. The quantitative estimate of drug-likeness (QED) is 0.0756. The molecule has 0 aliphatic rings. The van der Waals surface area contributed by atoms with Crippen molar-refractivity contribution in [3.8, 4) is 0 Å². The Hall–Kier alpha value is -6.68. The fourth-order valence-electron chi connectivity index (χ4n) is 3.33. The minimum Gasteiger partial charge on any atom is -0.550 e. The molecule has 0 unspecified atom stereocenters. The fourth-order valence-corrected chi connectivity index (χ4v) is 3.33. The maximum Gasteiger partial charge on any atom is 2.00 e. The Morgan fingerprint density at radius 1 is 0.371 bits per heavy atom. The van der Waals surface area contributed by atoms with Crippen molar-refractivity contribution < 1.29 is 118 Å². The van der Waals surface area contributed by atoms with E-state index in [-0.39, 0.29) is 130 Å². The van der Waals surface area contributed by atoms with Crippen molar-refractivity contribution in [1.82, 2.24) is 38.2 Å². The topological polar surface area (TPSA) is 635 Å². The van der Waals surface area contributed by atoms with Gasteiger partial charge in [0, 0.05) is 125 Å². The summed E-state index contributed by atoms with van der Waals surface area (Å²) < 4.78 is 4.38. The summed E-state index contributed by atoms with van der Waals surface area (Å²) in [7, 11) is 0. The van der Waals surface area contributed by atoms with Gasteiger partial charge in [-0.25, -0.2) is 19.2 Å². The van der Waals surface area contributed by atoms with Gasteiger partial charge in [0.05, 0.1) is 0 Å². The number of carbonyl (C=O) groups excluding carboxylic acids is 4. The molecule has 62 heavy (non-hydrogen) atoms. The van der Waals surface area contributed by atoms with Crippen LogP contribution in [0.25, 0.3) is 0 Å². The average Bonchev–Trinajstić information content (AvgIpc) is 3.04. The zero-order valence-corrected chi connectivity index (χ0v) is 33.2. The molecule has 0 bridgehead atoms. The Labute approximate surface area is 363 Å². The molecule has 362 valence electrons. The van der Waals surface area contributed by atoms with Gasteiger partial charge in [-0.05, 0) is 0 Å². The van der Waals surface area contributed by atoms with Gasteiger partial charge in [-0.1, -0.05) is 0 Å². The van der Waals surface area contributed by atoms with E-state index in [2.05, 4.69) is 0 Å². The zero-order chi connectivity index (χ0) is 39.4. The number of nitrogens with one attached hydrogen (secondary N) is 4. The molecule has 2 radical (unpaired) electrons. The first kappa shape index (κ1) is 79.5. The molecule has 0 atom stereocenters. The Balaban J connectivity index is -0.0000000690. The van der Waals surface area contributed by atoms with Gasteiger partial charge in [-0.15, -0.1) is 0 Å². The van der Waals surface area contributed by atoms with Crippen molar-refractivity contribution in [1.29, 1.82) is 0 Å². The molecular weight excluding hydrogens is 959 g/mol. The van der Waals surface area contributed by atoms with Crippen molar-refractivity contribution in [2.45, 2.75) is 51.9 Å². The number of rotatable bonds is 12. The molecule has 22 N–H and O–H groups in total. The molecule has 32 nitrogen and oxygen atoms in total. The predicted octanol–water partition coefficient (Wildman–Crippen LogP) is -16.1. The number of aromatic nitrogens is 8. The number of aromatic amines is 4. The van der Waals surface area contributed by atoms with Crippen LogP contribution in [0.2, 0.25) is 0 Å². The summed E-state index contributed by atoms with van der Waals surface area (Å²) in [6.07, 6.45) is 3.93. The normalized spacial score (nSPS) is 8.26. The summed E-state index contributed by atoms with van der Waals surface area (Å²) in [5, 5.41) is 40.2. The van der Waals surface area contributed by atoms with Gasteiger partial charge in [0.2, 0.25) is 0 Å². The van der Waals surface area contributed by atoms with E-state index in [0.717, 1.165) is 42.5 Å². The maximum atomic E-state index is 10.9. The first-order valence-electron chi connectivity index (χ1n) is 14.4. The number of aryl methyl sites for hydroxylation is 4. The number of aliphatic carboxylic acids is 4. The molecule has 0 aliphatic heterocycles. The van der Waals surface area contributed by atoms with E-state index in [1.54, 1.807) is 0 Å². The van der Waals surface area contributed by atoms with Gasteiger partial charge in [0.15, 0.2) is 0 Å². The zero-order valence-electron chi connectivity index (χ0n) is 31.4. The molecule has 0 aliphatic carbocycles. The van der Waals surface area contributed by atoms with Crippen LogP contribution in [0.4, 0.5) is 0 Å². The maximum absolute atomic E-state index is 10.9. The van der Waals surface area contributed by atoms with Gasteiger partial charge in [0.1, 0.15) is 0 Å². The second kappa shape index (κ2) is 41.1. The number of carbonyl (C=O) groups is 4. The van der Waals surface area contributed by atoms with E-state index >= 15 is 0 Å². The predicted molar refractivity (Wildman–Crippen MR) is 195 cm³/mol. The van der Waals surface area contributed by atoms with Crippen LogP contribution >= 0.6 is 0 Å². The third kappa shape index (κ3) is 34.2. The van der Waals surface area contributed by atoms with E-state index in [9.17, 15) is 78.0 Å². The number of hydrogen-bond acceptors (Lipinski definition) is 16. The summed E-state index contributed by atoms with van der Waals surface area (Å²) in [6, 6.07) is 4.60. The van der Waals surface area contributed by atoms with E-state index in [0.29, 0.717) is 0 Å². The van der Waals surface area contributed by atoms with Gasteiger partial charge in [-0.3, -0.25) is 39.1 Å². The Kier molecular flexibility index (Phi) is 52.6. The summed E-state index contributed by atoms with van der Waals surface area (Å²) in [5.41, 5.74) is -4.49. The minimum absolute atomic E-state index is 0. The fraction of sp³-hybridized carbons (Fsp3) is 0.286. The van der Waals surface area contributed by atoms with E-state index in [1.165, 1.54) is 24.8 Å². The standard InChI is InChI=1S/4C7H8N2O4.2Cu.8H2O/c4*10-5-1-3-9(7(13)8-5)4-2-6(11)12;;;;;;;;;;/h4*1,3H,2,4H2,(H,11,12)(H,8,10,13);;;8*1H2/q;;;;2*+2;;;;;;;;/p-2. The Morgan fingerprint density at radius 2 is 0.516 bits per heavy atom. The molecule has 4 aromatic heterocycles. The van der Waals surface area contributed by atoms with Crippen molar-refractivity contribution in [3.05, 3.63) is 132 Å². The number of carboxylic acid groups (broad SMARTS) is 4.